The molecule has 0 aliphatic carbocycles. The van der Waals surface area contributed by atoms with Gasteiger partial charge >= 0.3 is 0 Å². The molecule has 1 heterocycles. The van der Waals surface area contributed by atoms with E-state index in [1.807, 2.05) is 33.3 Å². The predicted molar refractivity (Wildman–Crippen MR) is 64.6 cm³/mol. The average Bonchev–Trinajstić information content (AvgIpc) is 2.72. The Labute approximate surface area is 102 Å². The standard InChI is InChI=1S/C12H22N2O3/c1-4-16-12(17-5-2)11(15)7-6-10-8-13-14(3)9-10/h8-9,11-12,15H,4-7H2,1-3H3. The molecule has 5 nitrogen and oxygen atoms in total. The van der Waals surface area contributed by atoms with Crippen LogP contribution in [0.2, 0.25) is 0 Å². The largest absolute Gasteiger partial charge is 0.388 e. The zero-order valence-electron chi connectivity index (χ0n) is 10.8. The Morgan fingerprint density at radius 3 is 2.47 bits per heavy atom. The molecule has 1 N–H and O–H groups in total. The van der Waals surface area contributed by atoms with Crippen LogP contribution in [0, 0.1) is 0 Å². The fourth-order valence-electron chi connectivity index (χ4n) is 1.65. The Hall–Kier alpha value is -0.910. The normalized spacial score (nSPS) is 13.2. The van der Waals surface area contributed by atoms with Crippen molar-refractivity contribution in [1.82, 2.24) is 9.78 Å². The van der Waals surface area contributed by atoms with Gasteiger partial charge in [0.25, 0.3) is 0 Å². The van der Waals surface area contributed by atoms with Crippen molar-refractivity contribution >= 4 is 0 Å². The van der Waals surface area contributed by atoms with Crippen LogP contribution in [0.3, 0.4) is 0 Å². The Morgan fingerprint density at radius 2 is 2.00 bits per heavy atom. The third kappa shape index (κ3) is 4.85. The lowest BCUT2D eigenvalue weighted by Gasteiger charge is -2.22. The van der Waals surface area contributed by atoms with E-state index in [2.05, 4.69) is 5.10 Å². The van der Waals surface area contributed by atoms with Crippen molar-refractivity contribution in [2.45, 2.75) is 39.1 Å². The van der Waals surface area contributed by atoms with E-state index in [-0.39, 0.29) is 0 Å². The van der Waals surface area contributed by atoms with Crippen molar-refractivity contribution < 1.29 is 14.6 Å². The molecule has 0 aliphatic rings. The first-order valence-electron chi connectivity index (χ1n) is 6.06. The monoisotopic (exact) mass is 242 g/mol. The van der Waals surface area contributed by atoms with Crippen LogP contribution in [0.4, 0.5) is 0 Å². The molecule has 0 fully saturated rings. The van der Waals surface area contributed by atoms with Gasteiger partial charge in [-0.25, -0.2) is 0 Å². The highest BCUT2D eigenvalue weighted by Crippen LogP contribution is 2.10. The first kappa shape index (κ1) is 14.2. The first-order valence-corrected chi connectivity index (χ1v) is 6.06. The second-order valence-electron chi connectivity index (χ2n) is 3.91. The fourth-order valence-corrected chi connectivity index (χ4v) is 1.65. The molecule has 0 saturated carbocycles. The molecule has 0 amide bonds. The molecule has 98 valence electrons. The maximum atomic E-state index is 9.96. The van der Waals surface area contributed by atoms with E-state index in [0.29, 0.717) is 19.6 Å². The van der Waals surface area contributed by atoms with E-state index in [9.17, 15) is 5.11 Å². The van der Waals surface area contributed by atoms with Crippen molar-refractivity contribution in [2.24, 2.45) is 7.05 Å². The molecule has 0 spiro atoms. The molecule has 1 aromatic rings. The molecule has 1 rings (SSSR count). The summed E-state index contributed by atoms with van der Waals surface area (Å²) in [6.45, 7) is 4.85. The number of hydrogen-bond donors (Lipinski definition) is 1. The second kappa shape index (κ2) is 7.42. The summed E-state index contributed by atoms with van der Waals surface area (Å²) < 4.78 is 12.4. The highest BCUT2D eigenvalue weighted by Gasteiger charge is 2.19. The van der Waals surface area contributed by atoms with E-state index < -0.39 is 12.4 Å². The van der Waals surface area contributed by atoms with Crippen LogP contribution >= 0.6 is 0 Å². The van der Waals surface area contributed by atoms with Crippen molar-refractivity contribution in [3.05, 3.63) is 18.0 Å². The quantitative estimate of drug-likeness (QED) is 0.694. The van der Waals surface area contributed by atoms with Gasteiger partial charge < -0.3 is 14.6 Å². The molecule has 0 saturated heterocycles. The molecule has 0 aromatic carbocycles. The fraction of sp³-hybridized carbons (Fsp3) is 0.750. The summed E-state index contributed by atoms with van der Waals surface area (Å²) in [5, 5.41) is 14.0. The van der Waals surface area contributed by atoms with Crippen molar-refractivity contribution in [2.75, 3.05) is 13.2 Å². The summed E-state index contributed by atoms with van der Waals surface area (Å²) in [7, 11) is 1.88. The first-order chi connectivity index (χ1) is 8.17. The maximum absolute atomic E-state index is 9.96. The number of aryl methyl sites for hydroxylation is 2. The maximum Gasteiger partial charge on any atom is 0.183 e. The van der Waals surface area contributed by atoms with Gasteiger partial charge in [-0.2, -0.15) is 5.10 Å². The lowest BCUT2D eigenvalue weighted by Crippen LogP contribution is -2.32. The van der Waals surface area contributed by atoms with E-state index >= 15 is 0 Å². The minimum atomic E-state index is -0.602. The molecule has 17 heavy (non-hydrogen) atoms. The van der Waals surface area contributed by atoms with Crippen molar-refractivity contribution in [3.63, 3.8) is 0 Å². The van der Waals surface area contributed by atoms with Gasteiger partial charge in [0.2, 0.25) is 0 Å². The SMILES string of the molecule is CCOC(OCC)C(O)CCc1cnn(C)c1. The average molecular weight is 242 g/mol. The summed E-state index contributed by atoms with van der Waals surface area (Å²) >= 11 is 0. The van der Waals surface area contributed by atoms with Crippen molar-refractivity contribution in [1.29, 1.82) is 0 Å². The molecule has 1 atom stereocenters. The van der Waals surface area contributed by atoms with Crippen LogP contribution in [-0.2, 0) is 22.9 Å². The lowest BCUT2D eigenvalue weighted by molar-refractivity contribution is -0.190. The number of aromatic nitrogens is 2. The highest BCUT2D eigenvalue weighted by molar-refractivity contribution is 5.03. The van der Waals surface area contributed by atoms with Crippen LogP contribution < -0.4 is 0 Å². The van der Waals surface area contributed by atoms with Gasteiger partial charge in [-0.1, -0.05) is 0 Å². The zero-order chi connectivity index (χ0) is 12.7. The Balaban J connectivity index is 2.38. The summed E-state index contributed by atoms with van der Waals surface area (Å²) in [6, 6.07) is 0. The number of aliphatic hydroxyl groups is 1. The smallest absolute Gasteiger partial charge is 0.183 e. The summed E-state index contributed by atoms with van der Waals surface area (Å²) in [4.78, 5) is 0. The van der Waals surface area contributed by atoms with E-state index in [1.54, 1.807) is 4.68 Å². The summed E-state index contributed by atoms with van der Waals surface area (Å²) in [6.07, 6.45) is 4.01. The van der Waals surface area contributed by atoms with Crippen LogP contribution in [0.25, 0.3) is 0 Å². The Morgan fingerprint density at radius 1 is 1.35 bits per heavy atom. The van der Waals surface area contributed by atoms with Crippen LogP contribution in [0.15, 0.2) is 12.4 Å². The Bertz CT molecular complexity index is 308. The van der Waals surface area contributed by atoms with Crippen LogP contribution in [0.1, 0.15) is 25.8 Å². The zero-order valence-corrected chi connectivity index (χ0v) is 10.8. The molecule has 0 radical (unpaired) electrons. The second-order valence-corrected chi connectivity index (χ2v) is 3.91. The highest BCUT2D eigenvalue weighted by atomic mass is 16.7. The topological polar surface area (TPSA) is 56.5 Å². The number of rotatable bonds is 8. The molecular weight excluding hydrogens is 220 g/mol. The molecular formula is C12H22N2O3. The summed E-state index contributed by atoms with van der Waals surface area (Å²) in [5.74, 6) is 0. The third-order valence-electron chi connectivity index (χ3n) is 2.46. The number of nitrogens with zero attached hydrogens (tertiary/aromatic N) is 2. The van der Waals surface area contributed by atoms with Gasteiger partial charge in [-0.05, 0) is 32.3 Å². The lowest BCUT2D eigenvalue weighted by atomic mass is 10.1. The summed E-state index contributed by atoms with van der Waals surface area (Å²) in [5.41, 5.74) is 1.11. The third-order valence-corrected chi connectivity index (χ3v) is 2.46. The molecule has 0 aliphatic heterocycles. The molecule has 1 aromatic heterocycles. The number of ether oxygens (including phenoxy) is 2. The molecule has 0 bridgehead atoms. The van der Waals surface area contributed by atoms with Gasteiger partial charge in [-0.3, -0.25) is 4.68 Å². The predicted octanol–water partition coefficient (Wildman–Crippen LogP) is 1.11. The van der Waals surface area contributed by atoms with E-state index in [0.717, 1.165) is 12.0 Å². The Kier molecular flexibility index (Phi) is 6.18. The van der Waals surface area contributed by atoms with Gasteiger partial charge in [0.15, 0.2) is 6.29 Å². The minimum Gasteiger partial charge on any atom is -0.388 e. The van der Waals surface area contributed by atoms with E-state index in [1.165, 1.54) is 0 Å². The molecule has 1 unspecified atom stereocenters. The minimum absolute atomic E-state index is 0.526. The van der Waals surface area contributed by atoms with E-state index in [4.69, 9.17) is 9.47 Å². The molecule has 5 heteroatoms. The van der Waals surface area contributed by atoms with Gasteiger partial charge in [0, 0.05) is 26.5 Å². The van der Waals surface area contributed by atoms with Gasteiger partial charge in [0.1, 0.15) is 6.10 Å². The van der Waals surface area contributed by atoms with Crippen LogP contribution in [0.5, 0.6) is 0 Å². The number of aliphatic hydroxyl groups excluding tert-OH is 1. The van der Waals surface area contributed by atoms with Crippen LogP contribution in [-0.4, -0.2) is 40.5 Å². The van der Waals surface area contributed by atoms with Gasteiger partial charge in [-0.15, -0.1) is 0 Å². The van der Waals surface area contributed by atoms with Gasteiger partial charge in [0.05, 0.1) is 6.20 Å². The van der Waals surface area contributed by atoms with Crippen molar-refractivity contribution in [3.8, 4) is 0 Å². The number of hydrogen-bond acceptors (Lipinski definition) is 4.